The zero-order valence-corrected chi connectivity index (χ0v) is 11.2. The topological polar surface area (TPSA) is 38.0 Å². The first-order valence-corrected chi connectivity index (χ1v) is 6.97. The van der Waals surface area contributed by atoms with E-state index in [9.17, 15) is 0 Å². The first-order valence-electron chi connectivity index (χ1n) is 6.09. The van der Waals surface area contributed by atoms with Gasteiger partial charge in [0.1, 0.15) is 0 Å². The fourth-order valence-corrected chi connectivity index (χ4v) is 2.63. The van der Waals surface area contributed by atoms with E-state index in [2.05, 4.69) is 35.6 Å². The Hall–Kier alpha value is -1.97. The molecule has 0 spiro atoms. The maximum atomic E-state index is 5.71. The molecule has 94 valence electrons. The van der Waals surface area contributed by atoms with Crippen molar-refractivity contribution in [3.05, 3.63) is 66.7 Å². The molecule has 0 radical (unpaired) electrons. The third kappa shape index (κ3) is 2.43. The summed E-state index contributed by atoms with van der Waals surface area (Å²) in [5.41, 5.74) is 2.18. The van der Waals surface area contributed by atoms with Crippen molar-refractivity contribution in [3.8, 4) is 0 Å². The molecule has 0 atom stereocenters. The van der Waals surface area contributed by atoms with E-state index in [1.165, 1.54) is 22.7 Å². The summed E-state index contributed by atoms with van der Waals surface area (Å²) < 4.78 is 0. The predicted octanol–water partition coefficient (Wildman–Crippen LogP) is 4.55. The van der Waals surface area contributed by atoms with Crippen molar-refractivity contribution in [1.29, 1.82) is 0 Å². The third-order valence-electron chi connectivity index (χ3n) is 3.06. The first-order chi connectivity index (χ1) is 9.38. The summed E-state index contributed by atoms with van der Waals surface area (Å²) in [5.74, 6) is 0. The lowest BCUT2D eigenvalue weighted by Gasteiger charge is -2.11. The summed E-state index contributed by atoms with van der Waals surface area (Å²) in [4.78, 5) is 1.09. The van der Waals surface area contributed by atoms with E-state index in [0.29, 0.717) is 0 Å². The van der Waals surface area contributed by atoms with Gasteiger partial charge in [0.2, 0.25) is 0 Å². The number of para-hydroxylation sites is 1. The summed E-state index contributed by atoms with van der Waals surface area (Å²) in [6, 6.07) is 22.6. The predicted molar refractivity (Wildman–Crippen MR) is 83.7 cm³/mol. The number of rotatable bonds is 3. The molecule has 2 nitrogen and oxygen atoms in total. The largest absolute Gasteiger partial charge is 0.355 e. The van der Waals surface area contributed by atoms with E-state index in [4.69, 9.17) is 5.14 Å². The van der Waals surface area contributed by atoms with Crippen LogP contribution in [-0.2, 0) is 0 Å². The van der Waals surface area contributed by atoms with E-state index in [0.717, 1.165) is 16.3 Å². The number of nitrogens with two attached hydrogens (primary N) is 1. The molecule has 3 N–H and O–H groups in total. The van der Waals surface area contributed by atoms with Gasteiger partial charge in [-0.3, -0.25) is 5.14 Å². The van der Waals surface area contributed by atoms with Gasteiger partial charge in [0, 0.05) is 21.7 Å². The Labute approximate surface area is 116 Å². The Morgan fingerprint density at radius 1 is 0.737 bits per heavy atom. The molecule has 0 saturated heterocycles. The Kier molecular flexibility index (Phi) is 3.40. The van der Waals surface area contributed by atoms with Crippen LogP contribution in [0.4, 0.5) is 11.4 Å². The Balaban J connectivity index is 2.09. The van der Waals surface area contributed by atoms with E-state index >= 15 is 0 Å². The summed E-state index contributed by atoms with van der Waals surface area (Å²) in [7, 11) is 0. The zero-order valence-electron chi connectivity index (χ0n) is 10.3. The molecular weight excluding hydrogens is 252 g/mol. The molecule has 0 unspecified atom stereocenters. The smallest absolute Gasteiger partial charge is 0.0464 e. The number of anilines is 2. The lowest BCUT2D eigenvalue weighted by Crippen LogP contribution is -1.92. The van der Waals surface area contributed by atoms with Gasteiger partial charge in [-0.2, -0.15) is 0 Å². The molecule has 0 aliphatic heterocycles. The zero-order chi connectivity index (χ0) is 13.1. The minimum Gasteiger partial charge on any atom is -0.355 e. The van der Waals surface area contributed by atoms with Crippen molar-refractivity contribution in [1.82, 2.24) is 0 Å². The van der Waals surface area contributed by atoms with Crippen LogP contribution in [0.15, 0.2) is 71.6 Å². The molecule has 0 aromatic heterocycles. The number of hydrogen-bond acceptors (Lipinski definition) is 3. The minimum absolute atomic E-state index is 1.08. The molecule has 0 fully saturated rings. The second kappa shape index (κ2) is 5.34. The Morgan fingerprint density at radius 3 is 2.26 bits per heavy atom. The molecule has 19 heavy (non-hydrogen) atoms. The van der Waals surface area contributed by atoms with E-state index in [1.807, 2.05) is 36.4 Å². The van der Waals surface area contributed by atoms with Crippen LogP contribution in [0.1, 0.15) is 0 Å². The van der Waals surface area contributed by atoms with Crippen LogP contribution < -0.4 is 10.5 Å². The molecule has 0 heterocycles. The van der Waals surface area contributed by atoms with Gasteiger partial charge in [0.25, 0.3) is 0 Å². The molecule has 0 aliphatic carbocycles. The van der Waals surface area contributed by atoms with Gasteiger partial charge < -0.3 is 5.32 Å². The quantitative estimate of drug-likeness (QED) is 0.683. The maximum Gasteiger partial charge on any atom is 0.0464 e. The van der Waals surface area contributed by atoms with Crippen LogP contribution in [0.25, 0.3) is 10.8 Å². The van der Waals surface area contributed by atoms with Gasteiger partial charge in [-0.15, -0.1) is 0 Å². The van der Waals surface area contributed by atoms with Gasteiger partial charge in [-0.25, -0.2) is 0 Å². The minimum atomic E-state index is 1.08. The van der Waals surface area contributed by atoms with Gasteiger partial charge in [0.05, 0.1) is 0 Å². The fourth-order valence-electron chi connectivity index (χ4n) is 2.17. The van der Waals surface area contributed by atoms with Gasteiger partial charge >= 0.3 is 0 Å². The van der Waals surface area contributed by atoms with E-state index in [1.54, 1.807) is 0 Å². The van der Waals surface area contributed by atoms with Crippen molar-refractivity contribution >= 4 is 34.1 Å². The maximum absolute atomic E-state index is 5.71. The van der Waals surface area contributed by atoms with Crippen LogP contribution in [0.2, 0.25) is 0 Å². The number of benzene rings is 3. The van der Waals surface area contributed by atoms with Crippen LogP contribution in [0, 0.1) is 0 Å². The van der Waals surface area contributed by atoms with Crippen molar-refractivity contribution < 1.29 is 0 Å². The molecule has 0 saturated carbocycles. The Morgan fingerprint density at radius 2 is 1.47 bits per heavy atom. The molecule has 0 amide bonds. The first kappa shape index (κ1) is 12.1. The van der Waals surface area contributed by atoms with Gasteiger partial charge in [0.15, 0.2) is 0 Å². The van der Waals surface area contributed by atoms with Crippen molar-refractivity contribution in [2.45, 2.75) is 4.90 Å². The average molecular weight is 266 g/mol. The average Bonchev–Trinajstić information content (AvgIpc) is 2.48. The van der Waals surface area contributed by atoms with Gasteiger partial charge in [-0.1, -0.05) is 42.5 Å². The number of fused-ring (bicyclic) bond motifs is 1. The standard InChI is InChI=1S/C16H14N2S/c17-19-16-11-5-8-13-14(16)9-4-10-15(13)18-12-6-2-1-3-7-12/h1-11,18H,17H2. The monoisotopic (exact) mass is 266 g/mol. The molecule has 3 aromatic carbocycles. The second-order valence-electron chi connectivity index (χ2n) is 4.27. The Bertz CT molecular complexity index is 695. The summed E-state index contributed by atoms with van der Waals surface area (Å²) >= 11 is 1.29. The summed E-state index contributed by atoms with van der Waals surface area (Å²) in [6.45, 7) is 0. The van der Waals surface area contributed by atoms with Crippen molar-refractivity contribution in [3.63, 3.8) is 0 Å². The fraction of sp³-hybridized carbons (Fsp3) is 0. The summed E-state index contributed by atoms with van der Waals surface area (Å²) in [5, 5.41) is 11.5. The lowest BCUT2D eigenvalue weighted by molar-refractivity contribution is 1.52. The molecule has 3 aromatic rings. The number of nitrogens with one attached hydrogen (secondary N) is 1. The van der Waals surface area contributed by atoms with Crippen LogP contribution in [0.5, 0.6) is 0 Å². The van der Waals surface area contributed by atoms with Crippen molar-refractivity contribution in [2.75, 3.05) is 5.32 Å². The molecule has 0 aliphatic rings. The SMILES string of the molecule is NSc1cccc2c(Nc3ccccc3)cccc12. The highest BCUT2D eigenvalue weighted by Gasteiger charge is 2.04. The molecule has 3 heteroatoms. The normalized spacial score (nSPS) is 10.6. The van der Waals surface area contributed by atoms with Gasteiger partial charge in [-0.05, 0) is 41.6 Å². The van der Waals surface area contributed by atoms with E-state index in [-0.39, 0.29) is 0 Å². The molecule has 0 bridgehead atoms. The van der Waals surface area contributed by atoms with E-state index < -0.39 is 0 Å². The molecular formula is C16H14N2S. The van der Waals surface area contributed by atoms with Crippen molar-refractivity contribution in [2.24, 2.45) is 5.14 Å². The number of hydrogen-bond donors (Lipinski definition) is 2. The van der Waals surface area contributed by atoms with Crippen LogP contribution >= 0.6 is 11.9 Å². The van der Waals surface area contributed by atoms with Crippen LogP contribution in [-0.4, -0.2) is 0 Å². The lowest BCUT2D eigenvalue weighted by atomic mass is 10.1. The highest BCUT2D eigenvalue weighted by molar-refractivity contribution is 7.97. The summed E-state index contributed by atoms with van der Waals surface area (Å²) in [6.07, 6.45) is 0. The second-order valence-corrected chi connectivity index (χ2v) is 4.94. The van der Waals surface area contributed by atoms with Crippen LogP contribution in [0.3, 0.4) is 0 Å². The highest BCUT2D eigenvalue weighted by atomic mass is 32.2. The highest BCUT2D eigenvalue weighted by Crippen LogP contribution is 2.31. The molecule has 3 rings (SSSR count). The third-order valence-corrected chi connectivity index (χ3v) is 3.67.